The number of fused-ring (bicyclic) bond motifs is 1. The van der Waals surface area contributed by atoms with E-state index in [9.17, 15) is 4.79 Å². The first-order valence-electron chi connectivity index (χ1n) is 6.20. The predicted molar refractivity (Wildman–Crippen MR) is 69.5 cm³/mol. The molecule has 0 N–H and O–H groups in total. The summed E-state index contributed by atoms with van der Waals surface area (Å²) in [6.45, 7) is 0. The Bertz CT molecular complexity index is 467. The fraction of sp³-hybridized carbons (Fsp3) is 0.500. The van der Waals surface area contributed by atoms with Gasteiger partial charge in [-0.1, -0.05) is 12.1 Å². The normalized spacial score (nSPS) is 21.3. The minimum atomic E-state index is 0.156. The second kappa shape index (κ2) is 4.02. The fourth-order valence-corrected chi connectivity index (χ4v) is 2.90. The zero-order valence-electron chi connectivity index (χ0n) is 9.95. The number of carbonyl (C=O) groups excluding carboxylic acids is 1. The van der Waals surface area contributed by atoms with Gasteiger partial charge in [-0.05, 0) is 42.4 Å². The number of alkyl halides is 1. The molecule has 90 valence electrons. The molecule has 3 heteroatoms. The van der Waals surface area contributed by atoms with E-state index >= 15 is 0 Å². The number of hydrogen-bond acceptors (Lipinski definition) is 1. The highest BCUT2D eigenvalue weighted by Crippen LogP contribution is 2.45. The molecule has 0 bridgehead atoms. The maximum Gasteiger partial charge on any atom is 0.227 e. The number of rotatable bonds is 2. The highest BCUT2D eigenvalue weighted by Gasteiger charge is 2.31. The van der Waals surface area contributed by atoms with Crippen molar-refractivity contribution in [2.75, 3.05) is 11.9 Å². The summed E-state index contributed by atoms with van der Waals surface area (Å²) in [5.74, 6) is 0.868. The van der Waals surface area contributed by atoms with Crippen molar-refractivity contribution >= 4 is 23.2 Å². The van der Waals surface area contributed by atoms with Gasteiger partial charge in [-0.15, -0.1) is 11.6 Å². The Morgan fingerprint density at radius 1 is 1.35 bits per heavy atom. The quantitative estimate of drug-likeness (QED) is 0.737. The highest BCUT2D eigenvalue weighted by atomic mass is 35.5. The molecule has 0 aromatic heterocycles. The van der Waals surface area contributed by atoms with E-state index in [1.807, 2.05) is 13.1 Å². The van der Waals surface area contributed by atoms with Gasteiger partial charge in [-0.2, -0.15) is 0 Å². The molecular weight excluding hydrogens is 234 g/mol. The Morgan fingerprint density at radius 3 is 2.82 bits per heavy atom. The molecule has 0 radical (unpaired) electrons. The van der Waals surface area contributed by atoms with Crippen molar-refractivity contribution in [3.63, 3.8) is 0 Å². The number of carbonyl (C=O) groups is 1. The molecule has 1 amide bonds. The predicted octanol–water partition coefficient (Wildman–Crippen LogP) is 3.29. The zero-order chi connectivity index (χ0) is 12.0. The Balaban J connectivity index is 1.93. The third kappa shape index (κ3) is 1.95. The summed E-state index contributed by atoms with van der Waals surface area (Å²) in [5.41, 5.74) is 3.52. The van der Waals surface area contributed by atoms with Gasteiger partial charge in [-0.3, -0.25) is 4.79 Å². The van der Waals surface area contributed by atoms with E-state index in [1.165, 1.54) is 24.0 Å². The van der Waals surface area contributed by atoms with E-state index in [0.29, 0.717) is 12.3 Å². The van der Waals surface area contributed by atoms with Gasteiger partial charge in [0.15, 0.2) is 0 Å². The SMILES string of the molecule is CN1C(=O)CCc2cc(C(Cl)C3CC3)ccc21. The standard InChI is InChI=1S/C14H16ClNO/c1-16-12-6-4-11(14(15)9-2-3-9)8-10(12)5-7-13(16)17/h4,6,8-9,14H,2-3,5,7H2,1H3. The maximum atomic E-state index is 11.6. The fourth-order valence-electron chi connectivity index (χ4n) is 2.51. The van der Waals surface area contributed by atoms with Crippen LogP contribution in [0.1, 0.15) is 35.8 Å². The number of halogens is 1. The maximum absolute atomic E-state index is 11.6. The average Bonchev–Trinajstić information content (AvgIpc) is 3.17. The van der Waals surface area contributed by atoms with Gasteiger partial charge in [0, 0.05) is 19.2 Å². The smallest absolute Gasteiger partial charge is 0.227 e. The third-order valence-electron chi connectivity index (χ3n) is 3.80. The minimum Gasteiger partial charge on any atom is -0.315 e. The molecule has 3 rings (SSSR count). The lowest BCUT2D eigenvalue weighted by atomic mass is 9.97. The first kappa shape index (κ1) is 11.1. The second-order valence-corrected chi connectivity index (χ2v) is 5.55. The largest absolute Gasteiger partial charge is 0.315 e. The van der Waals surface area contributed by atoms with Crippen molar-refractivity contribution in [3.05, 3.63) is 29.3 Å². The lowest BCUT2D eigenvalue weighted by Crippen LogP contribution is -2.31. The van der Waals surface area contributed by atoms with Crippen LogP contribution in [0.2, 0.25) is 0 Å². The van der Waals surface area contributed by atoms with Crippen molar-refractivity contribution in [2.24, 2.45) is 5.92 Å². The van der Waals surface area contributed by atoms with Crippen LogP contribution >= 0.6 is 11.6 Å². The minimum absolute atomic E-state index is 0.156. The second-order valence-electron chi connectivity index (χ2n) is 5.08. The number of hydrogen-bond donors (Lipinski definition) is 0. The van der Waals surface area contributed by atoms with E-state index in [4.69, 9.17) is 11.6 Å². The number of amides is 1. The summed E-state index contributed by atoms with van der Waals surface area (Å²) >= 11 is 6.43. The summed E-state index contributed by atoms with van der Waals surface area (Å²) < 4.78 is 0. The zero-order valence-corrected chi connectivity index (χ0v) is 10.7. The molecule has 1 unspecified atom stereocenters. The lowest BCUT2D eigenvalue weighted by Gasteiger charge is -2.26. The van der Waals surface area contributed by atoms with Gasteiger partial charge in [-0.25, -0.2) is 0 Å². The van der Waals surface area contributed by atoms with Gasteiger partial charge in [0.05, 0.1) is 5.38 Å². The summed E-state index contributed by atoms with van der Waals surface area (Å²) in [4.78, 5) is 13.3. The Labute approximate surface area is 107 Å². The van der Waals surface area contributed by atoms with Crippen LogP contribution in [-0.2, 0) is 11.2 Å². The Morgan fingerprint density at radius 2 is 2.12 bits per heavy atom. The van der Waals surface area contributed by atoms with E-state index in [0.717, 1.165) is 12.1 Å². The summed E-state index contributed by atoms with van der Waals surface area (Å²) in [6, 6.07) is 6.30. The molecule has 0 spiro atoms. The van der Waals surface area contributed by atoms with Crippen molar-refractivity contribution in [3.8, 4) is 0 Å². The van der Waals surface area contributed by atoms with Gasteiger partial charge in [0.25, 0.3) is 0 Å². The molecule has 17 heavy (non-hydrogen) atoms. The van der Waals surface area contributed by atoms with Crippen molar-refractivity contribution in [1.82, 2.24) is 0 Å². The van der Waals surface area contributed by atoms with Crippen molar-refractivity contribution in [1.29, 1.82) is 0 Å². The Kier molecular flexibility index (Phi) is 2.62. The van der Waals surface area contributed by atoms with Gasteiger partial charge in [0.2, 0.25) is 5.91 Å². The molecule has 1 saturated carbocycles. The molecular formula is C14H16ClNO. The molecule has 1 aliphatic carbocycles. The van der Waals surface area contributed by atoms with Crippen LogP contribution in [0.15, 0.2) is 18.2 Å². The van der Waals surface area contributed by atoms with Crippen LogP contribution < -0.4 is 4.90 Å². The number of anilines is 1. The molecule has 0 saturated heterocycles. The van der Waals surface area contributed by atoms with Gasteiger partial charge >= 0.3 is 0 Å². The molecule has 1 fully saturated rings. The van der Waals surface area contributed by atoms with E-state index in [-0.39, 0.29) is 11.3 Å². The molecule has 1 heterocycles. The summed E-state index contributed by atoms with van der Waals surface area (Å²) in [5, 5.41) is 0.156. The van der Waals surface area contributed by atoms with Crippen LogP contribution in [-0.4, -0.2) is 13.0 Å². The monoisotopic (exact) mass is 249 g/mol. The van der Waals surface area contributed by atoms with Crippen molar-refractivity contribution in [2.45, 2.75) is 31.1 Å². The number of aryl methyl sites for hydroxylation is 1. The van der Waals surface area contributed by atoms with Crippen molar-refractivity contribution < 1.29 is 4.79 Å². The average molecular weight is 250 g/mol. The molecule has 2 aliphatic rings. The first-order valence-corrected chi connectivity index (χ1v) is 6.64. The number of benzene rings is 1. The van der Waals surface area contributed by atoms with Crippen LogP contribution in [0.5, 0.6) is 0 Å². The van der Waals surface area contributed by atoms with E-state index < -0.39 is 0 Å². The Hall–Kier alpha value is -1.02. The van der Waals surface area contributed by atoms with E-state index in [2.05, 4.69) is 12.1 Å². The molecule has 1 aromatic carbocycles. The van der Waals surface area contributed by atoms with Gasteiger partial charge < -0.3 is 4.90 Å². The molecule has 1 atom stereocenters. The van der Waals surface area contributed by atoms with Crippen LogP contribution in [0.25, 0.3) is 0 Å². The molecule has 2 nitrogen and oxygen atoms in total. The summed E-state index contributed by atoms with van der Waals surface area (Å²) in [6.07, 6.45) is 3.97. The van der Waals surface area contributed by atoms with Crippen LogP contribution in [0.3, 0.4) is 0 Å². The third-order valence-corrected chi connectivity index (χ3v) is 4.41. The van der Waals surface area contributed by atoms with Crippen LogP contribution in [0, 0.1) is 5.92 Å². The number of nitrogens with zero attached hydrogens (tertiary/aromatic N) is 1. The first-order chi connectivity index (χ1) is 8.16. The van der Waals surface area contributed by atoms with Gasteiger partial charge in [0.1, 0.15) is 0 Å². The lowest BCUT2D eigenvalue weighted by molar-refractivity contribution is -0.118. The summed E-state index contributed by atoms with van der Waals surface area (Å²) in [7, 11) is 1.85. The van der Waals surface area contributed by atoms with Crippen LogP contribution in [0.4, 0.5) is 5.69 Å². The molecule has 1 aliphatic heterocycles. The molecule has 1 aromatic rings. The van der Waals surface area contributed by atoms with E-state index in [1.54, 1.807) is 4.90 Å². The highest BCUT2D eigenvalue weighted by molar-refractivity contribution is 6.21. The topological polar surface area (TPSA) is 20.3 Å².